The van der Waals surface area contributed by atoms with Crippen molar-refractivity contribution in [1.82, 2.24) is 19.8 Å². The van der Waals surface area contributed by atoms with Crippen molar-refractivity contribution in [2.45, 2.75) is 38.6 Å². The fraction of sp³-hybridized carbons (Fsp3) is 0.500. The van der Waals surface area contributed by atoms with Crippen LogP contribution in [0.15, 0.2) is 24.4 Å². The monoisotopic (exact) mass is 530 g/mol. The molecular weight excluding hydrogens is 496 g/mol. The number of piperazine rings is 1. The zero-order valence-electron chi connectivity index (χ0n) is 22.5. The van der Waals surface area contributed by atoms with Crippen molar-refractivity contribution < 1.29 is 14.4 Å². The van der Waals surface area contributed by atoms with Crippen LogP contribution in [0.1, 0.15) is 53.7 Å². The normalized spacial score (nSPS) is 18.8. The van der Waals surface area contributed by atoms with Crippen LogP contribution in [0.5, 0.6) is 0 Å². The average Bonchev–Trinajstić information content (AvgIpc) is 2.93. The van der Waals surface area contributed by atoms with Crippen molar-refractivity contribution in [2.24, 2.45) is 5.41 Å². The number of anilines is 3. The molecule has 0 bridgehead atoms. The first kappa shape index (κ1) is 26.6. The van der Waals surface area contributed by atoms with Gasteiger partial charge in [0, 0.05) is 63.0 Å². The van der Waals surface area contributed by atoms with Crippen molar-refractivity contribution in [1.29, 1.82) is 5.26 Å². The first-order chi connectivity index (χ1) is 18.8. The van der Waals surface area contributed by atoms with Crippen LogP contribution in [-0.4, -0.2) is 84.8 Å². The summed E-state index contributed by atoms with van der Waals surface area (Å²) in [5.74, 6) is 0.632. The zero-order valence-corrected chi connectivity index (χ0v) is 22.5. The molecule has 3 amide bonds. The van der Waals surface area contributed by atoms with Gasteiger partial charge >= 0.3 is 6.03 Å². The standard InChI is InChI=1S/C28H34N8O3/c1-33-10-11-35(26(38)16-33)15-20-6-7-25(31-22(20)17-37)34(2)27(39)32-24-12-23(21(13-29)14-30-24)36-18-28(19-36)8-4-3-5-9-28/h6-7,12,14,17H,3-5,8-11,15-16,18-19H2,1-2H3,(H,30,32,39). The van der Waals surface area contributed by atoms with Crippen molar-refractivity contribution in [3.8, 4) is 6.07 Å². The molecule has 1 N–H and O–H groups in total. The number of likely N-dealkylation sites (N-methyl/N-ethyl adjacent to an activating group) is 1. The van der Waals surface area contributed by atoms with Gasteiger partial charge in [0.15, 0.2) is 6.29 Å². The van der Waals surface area contributed by atoms with Crippen LogP contribution in [0, 0.1) is 16.7 Å². The fourth-order valence-corrected chi connectivity index (χ4v) is 5.82. The number of nitriles is 1. The van der Waals surface area contributed by atoms with Gasteiger partial charge in [0.2, 0.25) is 5.91 Å². The Morgan fingerprint density at radius 2 is 2.00 bits per heavy atom. The molecule has 1 saturated carbocycles. The van der Waals surface area contributed by atoms with Gasteiger partial charge < -0.3 is 9.80 Å². The Labute approximate surface area is 228 Å². The van der Waals surface area contributed by atoms with E-state index < -0.39 is 6.03 Å². The molecule has 3 fully saturated rings. The van der Waals surface area contributed by atoms with E-state index in [4.69, 9.17) is 0 Å². The lowest BCUT2D eigenvalue weighted by molar-refractivity contribution is -0.136. The van der Waals surface area contributed by atoms with Crippen molar-refractivity contribution >= 4 is 35.5 Å². The van der Waals surface area contributed by atoms with Crippen molar-refractivity contribution in [2.75, 3.05) is 61.9 Å². The Morgan fingerprint density at radius 3 is 2.69 bits per heavy atom. The third kappa shape index (κ3) is 5.56. The Bertz CT molecular complexity index is 1310. The van der Waals surface area contributed by atoms with E-state index in [1.165, 1.54) is 43.2 Å². The van der Waals surface area contributed by atoms with Gasteiger partial charge in [-0.2, -0.15) is 5.26 Å². The molecule has 11 heteroatoms. The number of pyridine rings is 2. The first-order valence-electron chi connectivity index (χ1n) is 13.4. The minimum absolute atomic E-state index is 0.00240. The van der Waals surface area contributed by atoms with E-state index in [9.17, 15) is 19.6 Å². The van der Waals surface area contributed by atoms with E-state index in [0.717, 1.165) is 25.3 Å². The third-order valence-corrected chi connectivity index (χ3v) is 8.17. The second kappa shape index (κ2) is 11.0. The summed E-state index contributed by atoms with van der Waals surface area (Å²) in [6, 6.07) is 6.88. The summed E-state index contributed by atoms with van der Waals surface area (Å²) in [5, 5.41) is 12.4. The maximum Gasteiger partial charge on any atom is 0.328 e. The number of hydrogen-bond donors (Lipinski definition) is 1. The molecule has 1 spiro atoms. The van der Waals surface area contributed by atoms with Gasteiger partial charge in [-0.1, -0.05) is 25.3 Å². The summed E-state index contributed by atoms with van der Waals surface area (Å²) in [4.78, 5) is 53.0. The Kier molecular flexibility index (Phi) is 7.48. The van der Waals surface area contributed by atoms with Crippen LogP contribution in [0.4, 0.5) is 22.1 Å². The maximum absolute atomic E-state index is 13.1. The molecule has 5 rings (SSSR count). The topological polar surface area (TPSA) is 126 Å². The molecule has 1 aliphatic carbocycles. The number of nitrogens with zero attached hydrogens (tertiary/aromatic N) is 7. The highest BCUT2D eigenvalue weighted by Gasteiger charge is 2.44. The number of rotatable bonds is 6. The summed E-state index contributed by atoms with van der Waals surface area (Å²) in [7, 11) is 3.46. The number of carbonyl (C=O) groups excluding carboxylic acids is 3. The number of amides is 3. The summed E-state index contributed by atoms with van der Waals surface area (Å²) in [6.45, 7) is 3.82. The van der Waals surface area contributed by atoms with E-state index in [1.54, 1.807) is 30.1 Å². The van der Waals surface area contributed by atoms with E-state index in [2.05, 4.69) is 26.3 Å². The van der Waals surface area contributed by atoms with Crippen molar-refractivity contribution in [3.05, 3.63) is 41.2 Å². The molecule has 0 radical (unpaired) electrons. The Hall–Kier alpha value is -4.04. The van der Waals surface area contributed by atoms with E-state index in [0.29, 0.717) is 54.1 Å². The number of nitrogens with one attached hydrogen (secondary N) is 1. The molecule has 204 valence electrons. The van der Waals surface area contributed by atoms with Gasteiger partial charge in [0.05, 0.1) is 17.8 Å². The van der Waals surface area contributed by atoms with E-state index in [1.807, 2.05) is 11.9 Å². The number of carbonyl (C=O) groups is 3. The molecule has 4 heterocycles. The molecule has 3 aliphatic rings. The lowest BCUT2D eigenvalue weighted by Gasteiger charge is -2.53. The summed E-state index contributed by atoms with van der Waals surface area (Å²) >= 11 is 0. The molecule has 2 aliphatic heterocycles. The third-order valence-electron chi connectivity index (χ3n) is 8.17. The van der Waals surface area contributed by atoms with Gasteiger partial charge in [-0.15, -0.1) is 0 Å². The molecular formula is C28H34N8O3. The molecule has 0 aromatic carbocycles. The highest BCUT2D eigenvalue weighted by atomic mass is 16.2. The molecule has 2 aromatic heterocycles. The quantitative estimate of drug-likeness (QED) is 0.565. The summed E-state index contributed by atoms with van der Waals surface area (Å²) in [6.07, 6.45) is 8.41. The van der Waals surface area contributed by atoms with E-state index >= 15 is 0 Å². The smallest absolute Gasteiger partial charge is 0.328 e. The predicted molar refractivity (Wildman–Crippen MR) is 147 cm³/mol. The second-order valence-corrected chi connectivity index (χ2v) is 11.0. The van der Waals surface area contributed by atoms with Crippen LogP contribution in [0.3, 0.4) is 0 Å². The van der Waals surface area contributed by atoms with E-state index in [-0.39, 0.29) is 11.6 Å². The van der Waals surface area contributed by atoms with Gasteiger partial charge in [0.1, 0.15) is 23.4 Å². The molecule has 2 saturated heterocycles. The molecule has 0 unspecified atom stereocenters. The second-order valence-electron chi connectivity index (χ2n) is 11.0. The highest BCUT2D eigenvalue weighted by molar-refractivity contribution is 6.00. The molecule has 39 heavy (non-hydrogen) atoms. The molecule has 11 nitrogen and oxygen atoms in total. The van der Waals surface area contributed by atoms with Crippen LogP contribution in [0.25, 0.3) is 0 Å². The first-order valence-corrected chi connectivity index (χ1v) is 13.4. The van der Waals surface area contributed by atoms with Crippen LogP contribution in [-0.2, 0) is 11.3 Å². The van der Waals surface area contributed by atoms with Gasteiger partial charge in [0.25, 0.3) is 0 Å². The molecule has 0 atom stereocenters. The van der Waals surface area contributed by atoms with Crippen LogP contribution in [0.2, 0.25) is 0 Å². The number of hydrogen-bond acceptors (Lipinski definition) is 8. The largest absolute Gasteiger partial charge is 0.369 e. The van der Waals surface area contributed by atoms with Crippen LogP contribution < -0.4 is 15.1 Å². The average molecular weight is 531 g/mol. The lowest BCUT2D eigenvalue weighted by Crippen LogP contribution is -2.57. The van der Waals surface area contributed by atoms with Gasteiger partial charge in [-0.3, -0.25) is 24.7 Å². The van der Waals surface area contributed by atoms with Crippen molar-refractivity contribution in [3.63, 3.8) is 0 Å². The summed E-state index contributed by atoms with van der Waals surface area (Å²) < 4.78 is 0. The Balaban J connectivity index is 1.26. The maximum atomic E-state index is 13.1. The number of aromatic nitrogens is 2. The minimum Gasteiger partial charge on any atom is -0.369 e. The van der Waals surface area contributed by atoms with Gasteiger partial charge in [-0.25, -0.2) is 14.8 Å². The predicted octanol–water partition coefficient (Wildman–Crippen LogP) is 2.87. The van der Waals surface area contributed by atoms with Gasteiger partial charge in [-0.05, 0) is 26.0 Å². The fourth-order valence-electron chi connectivity index (χ4n) is 5.82. The lowest BCUT2D eigenvalue weighted by atomic mass is 9.68. The minimum atomic E-state index is -0.475. The number of urea groups is 1. The zero-order chi connectivity index (χ0) is 27.6. The number of aldehydes is 1. The SMILES string of the molecule is CN1CCN(Cc2ccc(N(C)C(=O)Nc3cc(N4CC5(CCCCC5)C4)c(C#N)cn3)nc2C=O)C(=O)C1. The van der Waals surface area contributed by atoms with Crippen LogP contribution >= 0.6 is 0 Å². The summed E-state index contributed by atoms with van der Waals surface area (Å²) in [5.41, 5.74) is 2.43. The molecule has 2 aromatic rings. The Morgan fingerprint density at radius 1 is 1.23 bits per heavy atom. The highest BCUT2D eigenvalue weighted by Crippen LogP contribution is 2.46.